The van der Waals surface area contributed by atoms with Gasteiger partial charge in [-0.25, -0.2) is 0 Å². The molecule has 0 aromatic rings. The minimum atomic E-state index is -0.0275. The van der Waals surface area contributed by atoms with E-state index >= 15 is 0 Å². The number of aliphatic hydroxyl groups is 1. The Bertz CT molecular complexity index is 181. The lowest BCUT2D eigenvalue weighted by molar-refractivity contribution is -0.0133. The third-order valence-corrected chi connectivity index (χ3v) is 4.15. The number of aliphatic hydroxyl groups excluding tert-OH is 1. The summed E-state index contributed by atoms with van der Waals surface area (Å²) < 4.78 is 5.43. The van der Waals surface area contributed by atoms with Crippen molar-refractivity contribution in [1.82, 2.24) is 0 Å². The van der Waals surface area contributed by atoms with Crippen LogP contribution in [0.3, 0.4) is 0 Å². The van der Waals surface area contributed by atoms with E-state index < -0.39 is 0 Å². The molecule has 2 aliphatic carbocycles. The summed E-state index contributed by atoms with van der Waals surface area (Å²) in [5.41, 5.74) is 0. The fourth-order valence-electron chi connectivity index (χ4n) is 3.27. The van der Waals surface area contributed by atoms with E-state index in [0.29, 0.717) is 12.0 Å². The van der Waals surface area contributed by atoms with Crippen LogP contribution in [0.15, 0.2) is 0 Å². The first-order valence-electron chi connectivity index (χ1n) is 6.02. The predicted octanol–water partition coefficient (Wildman–Crippen LogP) is 2.35. The molecule has 2 heteroatoms. The first-order chi connectivity index (χ1) is 6.81. The number of hydrogen-bond donors (Lipinski definition) is 1. The molecule has 0 aromatic heterocycles. The van der Waals surface area contributed by atoms with Gasteiger partial charge in [0.15, 0.2) is 0 Å². The van der Waals surface area contributed by atoms with Gasteiger partial charge in [-0.2, -0.15) is 0 Å². The van der Waals surface area contributed by atoms with Crippen molar-refractivity contribution in [1.29, 1.82) is 0 Å². The lowest BCUT2D eigenvalue weighted by Crippen LogP contribution is -2.34. The summed E-state index contributed by atoms with van der Waals surface area (Å²) in [5.74, 6) is 1.30. The quantitative estimate of drug-likeness (QED) is 0.701. The number of fused-ring (bicyclic) bond motifs is 1. The van der Waals surface area contributed by atoms with Crippen molar-refractivity contribution in [3.05, 3.63) is 0 Å². The predicted molar refractivity (Wildman–Crippen MR) is 56.1 cm³/mol. The Hall–Kier alpha value is -0.0800. The molecule has 0 heterocycles. The maximum atomic E-state index is 10.0. The van der Waals surface area contributed by atoms with E-state index in [1.165, 1.54) is 32.1 Å². The van der Waals surface area contributed by atoms with Gasteiger partial charge in [0.25, 0.3) is 0 Å². The molecule has 2 saturated carbocycles. The van der Waals surface area contributed by atoms with Crippen LogP contribution in [0.2, 0.25) is 0 Å². The van der Waals surface area contributed by atoms with Gasteiger partial charge in [0.1, 0.15) is 0 Å². The van der Waals surface area contributed by atoms with Gasteiger partial charge in [-0.1, -0.05) is 12.8 Å². The molecule has 14 heavy (non-hydrogen) atoms. The molecule has 1 N–H and O–H groups in total. The molecule has 4 atom stereocenters. The smallest absolute Gasteiger partial charge is 0.0574 e. The summed E-state index contributed by atoms with van der Waals surface area (Å²) in [6.07, 6.45) is 8.78. The van der Waals surface area contributed by atoms with Crippen molar-refractivity contribution in [2.24, 2.45) is 11.8 Å². The maximum absolute atomic E-state index is 10.0. The van der Waals surface area contributed by atoms with Gasteiger partial charge in [-0.05, 0) is 43.9 Å². The number of ether oxygens (including phenoxy) is 1. The third kappa shape index (κ3) is 2.12. The molecule has 0 bridgehead atoms. The lowest BCUT2D eigenvalue weighted by atomic mass is 9.74. The van der Waals surface area contributed by atoms with Gasteiger partial charge in [-0.15, -0.1) is 0 Å². The van der Waals surface area contributed by atoms with Gasteiger partial charge < -0.3 is 9.84 Å². The summed E-state index contributed by atoms with van der Waals surface area (Å²) >= 11 is 0. The fraction of sp³-hybridized carbons (Fsp3) is 1.00. The summed E-state index contributed by atoms with van der Waals surface area (Å²) in [5, 5.41) is 10.0. The minimum Gasteiger partial charge on any atom is -0.393 e. The van der Waals surface area contributed by atoms with E-state index in [0.717, 1.165) is 18.8 Å². The molecule has 0 spiro atoms. The van der Waals surface area contributed by atoms with Crippen LogP contribution in [-0.2, 0) is 4.74 Å². The Labute approximate surface area is 86.6 Å². The highest BCUT2D eigenvalue weighted by Gasteiger charge is 2.35. The van der Waals surface area contributed by atoms with Crippen LogP contribution < -0.4 is 0 Å². The van der Waals surface area contributed by atoms with E-state index in [2.05, 4.69) is 0 Å². The molecule has 2 fully saturated rings. The molecule has 0 aromatic carbocycles. The number of methoxy groups -OCH3 is 1. The van der Waals surface area contributed by atoms with E-state index in [-0.39, 0.29) is 6.10 Å². The van der Waals surface area contributed by atoms with Crippen LogP contribution in [0.4, 0.5) is 0 Å². The van der Waals surface area contributed by atoms with Crippen molar-refractivity contribution < 1.29 is 9.84 Å². The number of rotatable bonds is 1. The van der Waals surface area contributed by atoms with Gasteiger partial charge in [0, 0.05) is 7.11 Å². The van der Waals surface area contributed by atoms with Crippen LogP contribution in [0.25, 0.3) is 0 Å². The second kappa shape index (κ2) is 4.63. The first kappa shape index (κ1) is 10.4. The molecule has 0 radical (unpaired) electrons. The molecule has 4 unspecified atom stereocenters. The van der Waals surface area contributed by atoms with E-state index in [4.69, 9.17) is 4.74 Å². The Morgan fingerprint density at radius 3 is 2.64 bits per heavy atom. The van der Waals surface area contributed by atoms with Crippen molar-refractivity contribution >= 4 is 0 Å². The van der Waals surface area contributed by atoms with Gasteiger partial charge in [0.05, 0.1) is 12.2 Å². The molecule has 2 aliphatic rings. The minimum absolute atomic E-state index is 0.0275. The summed E-state index contributed by atoms with van der Waals surface area (Å²) in [4.78, 5) is 0. The van der Waals surface area contributed by atoms with Crippen LogP contribution in [0.5, 0.6) is 0 Å². The average molecular weight is 198 g/mol. The van der Waals surface area contributed by atoms with Gasteiger partial charge >= 0.3 is 0 Å². The molecular weight excluding hydrogens is 176 g/mol. The summed E-state index contributed by atoms with van der Waals surface area (Å²) in [6, 6.07) is 0. The third-order valence-electron chi connectivity index (χ3n) is 4.15. The molecule has 2 rings (SSSR count). The molecule has 2 nitrogen and oxygen atoms in total. The van der Waals surface area contributed by atoms with Gasteiger partial charge in [-0.3, -0.25) is 0 Å². The van der Waals surface area contributed by atoms with Crippen LogP contribution in [0, 0.1) is 11.8 Å². The monoisotopic (exact) mass is 198 g/mol. The molecule has 0 amide bonds. The van der Waals surface area contributed by atoms with Crippen molar-refractivity contribution in [2.75, 3.05) is 7.11 Å². The number of hydrogen-bond acceptors (Lipinski definition) is 2. The zero-order valence-electron chi connectivity index (χ0n) is 9.11. The first-order valence-corrected chi connectivity index (χ1v) is 6.02. The van der Waals surface area contributed by atoms with Crippen molar-refractivity contribution in [3.63, 3.8) is 0 Å². The zero-order chi connectivity index (χ0) is 9.97. The Morgan fingerprint density at radius 2 is 1.86 bits per heavy atom. The van der Waals surface area contributed by atoms with E-state index in [1.807, 2.05) is 7.11 Å². The normalized spacial score (nSPS) is 44.1. The molecule has 0 aliphatic heterocycles. The van der Waals surface area contributed by atoms with E-state index in [1.54, 1.807) is 0 Å². The van der Waals surface area contributed by atoms with Gasteiger partial charge in [0.2, 0.25) is 0 Å². The largest absolute Gasteiger partial charge is 0.393 e. The van der Waals surface area contributed by atoms with Crippen LogP contribution in [0.1, 0.15) is 44.9 Å². The van der Waals surface area contributed by atoms with Crippen LogP contribution in [-0.4, -0.2) is 24.4 Å². The Kier molecular flexibility index (Phi) is 3.45. The molecule has 82 valence electrons. The second-order valence-electron chi connectivity index (χ2n) is 4.95. The highest BCUT2D eigenvalue weighted by Crippen LogP contribution is 2.40. The van der Waals surface area contributed by atoms with Crippen molar-refractivity contribution in [3.8, 4) is 0 Å². The summed E-state index contributed by atoms with van der Waals surface area (Å²) in [7, 11) is 1.82. The SMILES string of the molecule is COC1CCC2C(O)CCCCC2C1. The lowest BCUT2D eigenvalue weighted by Gasteiger charge is -2.36. The molecule has 0 saturated heterocycles. The summed E-state index contributed by atoms with van der Waals surface area (Å²) in [6.45, 7) is 0. The van der Waals surface area contributed by atoms with Crippen LogP contribution >= 0.6 is 0 Å². The Morgan fingerprint density at radius 1 is 1.07 bits per heavy atom. The van der Waals surface area contributed by atoms with Crippen molar-refractivity contribution in [2.45, 2.75) is 57.2 Å². The molecular formula is C12H22O2. The topological polar surface area (TPSA) is 29.5 Å². The maximum Gasteiger partial charge on any atom is 0.0574 e. The highest BCUT2D eigenvalue weighted by molar-refractivity contribution is 4.86. The van der Waals surface area contributed by atoms with E-state index in [9.17, 15) is 5.11 Å². The average Bonchev–Trinajstić information content (AvgIpc) is 2.40. The second-order valence-corrected chi connectivity index (χ2v) is 4.95. The fourth-order valence-corrected chi connectivity index (χ4v) is 3.27. The standard InChI is InChI=1S/C12H22O2/c1-14-10-6-7-11-9(8-10)4-2-3-5-12(11)13/h9-13H,2-8H2,1H3. The Balaban J connectivity index is 1.98. The zero-order valence-corrected chi connectivity index (χ0v) is 9.11. The highest BCUT2D eigenvalue weighted by atomic mass is 16.5.